The second kappa shape index (κ2) is 4.46. The van der Waals surface area contributed by atoms with Crippen molar-refractivity contribution < 1.29 is 9.90 Å². The van der Waals surface area contributed by atoms with Gasteiger partial charge in [-0.05, 0) is 12.1 Å². The number of hydrogen-bond acceptors (Lipinski definition) is 4. The number of aromatic nitrogens is 1. The van der Waals surface area contributed by atoms with E-state index in [-0.39, 0.29) is 24.0 Å². The lowest BCUT2D eigenvalue weighted by molar-refractivity contribution is 0.0696. The molecule has 1 saturated heterocycles. The lowest BCUT2D eigenvalue weighted by Gasteiger charge is -2.37. The van der Waals surface area contributed by atoms with E-state index in [0.717, 1.165) is 18.9 Å². The van der Waals surface area contributed by atoms with Gasteiger partial charge in [-0.25, -0.2) is 9.78 Å². The minimum absolute atomic E-state index is 0. The molecule has 6 heteroatoms. The number of nitrogens with two attached hydrogens (primary N) is 1. The molecule has 1 aliphatic heterocycles. The molecule has 0 aliphatic carbocycles. The van der Waals surface area contributed by atoms with Crippen LogP contribution in [0.4, 0.5) is 5.82 Å². The average Bonchev–Trinajstić information content (AvgIpc) is 2.13. The van der Waals surface area contributed by atoms with E-state index in [1.165, 1.54) is 6.20 Å². The molecule has 1 aromatic rings. The number of rotatable bonds is 2. The standard InChI is InChI=1S/C9H11N3O2.ClH/c10-7-4-12(5-7)8-2-1-6(3-11-8)9(13)14;/h1-3,7H,4-5,10H2,(H,13,14);1H. The monoisotopic (exact) mass is 229 g/mol. The van der Waals surface area contributed by atoms with Crippen LogP contribution in [0.1, 0.15) is 10.4 Å². The molecule has 1 aromatic heterocycles. The van der Waals surface area contributed by atoms with E-state index in [1.54, 1.807) is 12.1 Å². The number of carboxylic acids is 1. The number of nitrogens with zero attached hydrogens (tertiary/aromatic N) is 2. The maximum Gasteiger partial charge on any atom is 0.337 e. The quantitative estimate of drug-likeness (QED) is 0.765. The lowest BCUT2D eigenvalue weighted by Crippen LogP contribution is -2.56. The van der Waals surface area contributed by atoms with Gasteiger partial charge in [-0.15, -0.1) is 12.4 Å². The van der Waals surface area contributed by atoms with Crippen LogP contribution in [0, 0.1) is 0 Å². The summed E-state index contributed by atoms with van der Waals surface area (Å²) >= 11 is 0. The van der Waals surface area contributed by atoms with E-state index in [4.69, 9.17) is 10.8 Å². The Morgan fingerprint density at radius 1 is 1.53 bits per heavy atom. The SMILES string of the molecule is Cl.NC1CN(c2ccc(C(=O)O)cn2)C1. The molecule has 2 heterocycles. The summed E-state index contributed by atoms with van der Waals surface area (Å²) in [7, 11) is 0. The Labute approximate surface area is 93.3 Å². The van der Waals surface area contributed by atoms with Crippen molar-refractivity contribution in [3.05, 3.63) is 23.9 Å². The Kier molecular flexibility index (Phi) is 3.49. The molecule has 5 nitrogen and oxygen atoms in total. The zero-order valence-corrected chi connectivity index (χ0v) is 8.78. The van der Waals surface area contributed by atoms with E-state index in [0.29, 0.717) is 0 Å². The Bertz CT molecular complexity index is 349. The van der Waals surface area contributed by atoms with E-state index < -0.39 is 5.97 Å². The molecule has 2 rings (SSSR count). The first-order valence-corrected chi connectivity index (χ1v) is 4.36. The largest absolute Gasteiger partial charge is 0.478 e. The number of carbonyl (C=O) groups is 1. The molecule has 0 spiro atoms. The van der Waals surface area contributed by atoms with Crippen molar-refractivity contribution in [3.8, 4) is 0 Å². The van der Waals surface area contributed by atoms with Crippen LogP contribution in [-0.4, -0.2) is 35.2 Å². The van der Waals surface area contributed by atoms with E-state index in [9.17, 15) is 4.79 Å². The smallest absolute Gasteiger partial charge is 0.337 e. The van der Waals surface area contributed by atoms with Crippen LogP contribution >= 0.6 is 12.4 Å². The summed E-state index contributed by atoms with van der Waals surface area (Å²) < 4.78 is 0. The highest BCUT2D eigenvalue weighted by atomic mass is 35.5. The second-order valence-electron chi connectivity index (χ2n) is 3.38. The van der Waals surface area contributed by atoms with Crippen LogP contribution in [0.2, 0.25) is 0 Å². The van der Waals surface area contributed by atoms with Crippen molar-refractivity contribution in [1.29, 1.82) is 0 Å². The predicted molar refractivity (Wildman–Crippen MR) is 58.6 cm³/mol. The lowest BCUT2D eigenvalue weighted by atomic mass is 10.1. The van der Waals surface area contributed by atoms with Crippen molar-refractivity contribution in [2.75, 3.05) is 18.0 Å². The summed E-state index contributed by atoms with van der Waals surface area (Å²) in [6.45, 7) is 1.58. The maximum absolute atomic E-state index is 10.5. The van der Waals surface area contributed by atoms with Gasteiger partial charge < -0.3 is 15.7 Å². The van der Waals surface area contributed by atoms with Crippen LogP contribution < -0.4 is 10.6 Å². The van der Waals surface area contributed by atoms with Gasteiger partial charge in [0.1, 0.15) is 5.82 Å². The first kappa shape index (κ1) is 11.7. The Morgan fingerprint density at radius 3 is 2.60 bits per heavy atom. The predicted octanol–water partition coefficient (Wildman–Crippen LogP) is 0.349. The van der Waals surface area contributed by atoms with E-state index >= 15 is 0 Å². The summed E-state index contributed by atoms with van der Waals surface area (Å²) in [5.74, 6) is -0.166. The first-order chi connectivity index (χ1) is 6.66. The number of anilines is 1. The minimum Gasteiger partial charge on any atom is -0.478 e. The summed E-state index contributed by atoms with van der Waals surface area (Å²) in [6.07, 6.45) is 1.36. The summed E-state index contributed by atoms with van der Waals surface area (Å²) in [4.78, 5) is 16.6. The van der Waals surface area contributed by atoms with Crippen molar-refractivity contribution in [2.24, 2.45) is 5.73 Å². The van der Waals surface area contributed by atoms with Crippen LogP contribution in [0.25, 0.3) is 0 Å². The van der Waals surface area contributed by atoms with Gasteiger partial charge in [0.05, 0.1) is 5.56 Å². The van der Waals surface area contributed by atoms with Crippen molar-refractivity contribution in [2.45, 2.75) is 6.04 Å². The maximum atomic E-state index is 10.5. The summed E-state index contributed by atoms with van der Waals surface area (Å²) in [5, 5.41) is 8.65. The molecule has 0 radical (unpaired) electrons. The average molecular weight is 230 g/mol. The topological polar surface area (TPSA) is 79.5 Å². The number of aromatic carboxylic acids is 1. The van der Waals surface area contributed by atoms with Crippen molar-refractivity contribution in [1.82, 2.24) is 4.98 Å². The first-order valence-electron chi connectivity index (χ1n) is 4.36. The third-order valence-corrected chi connectivity index (χ3v) is 2.23. The van der Waals surface area contributed by atoms with Crippen LogP contribution in [0.3, 0.4) is 0 Å². The highest BCUT2D eigenvalue weighted by Crippen LogP contribution is 2.17. The van der Waals surface area contributed by atoms with E-state index in [1.807, 2.05) is 4.90 Å². The normalized spacial score (nSPS) is 15.4. The number of pyridine rings is 1. The Morgan fingerprint density at radius 2 is 2.20 bits per heavy atom. The molecule has 0 unspecified atom stereocenters. The minimum atomic E-state index is -0.954. The van der Waals surface area contributed by atoms with Crippen molar-refractivity contribution in [3.63, 3.8) is 0 Å². The third kappa shape index (κ3) is 2.37. The molecule has 1 aliphatic rings. The fourth-order valence-electron chi connectivity index (χ4n) is 1.40. The van der Waals surface area contributed by atoms with Gasteiger partial charge in [-0.2, -0.15) is 0 Å². The van der Waals surface area contributed by atoms with Gasteiger partial charge in [-0.1, -0.05) is 0 Å². The number of halogens is 1. The Hall–Kier alpha value is -1.33. The molecular weight excluding hydrogens is 218 g/mol. The molecule has 0 atom stereocenters. The molecule has 3 N–H and O–H groups in total. The van der Waals surface area contributed by atoms with Crippen LogP contribution in [0.5, 0.6) is 0 Å². The molecule has 0 amide bonds. The molecule has 0 aromatic carbocycles. The van der Waals surface area contributed by atoms with Crippen LogP contribution in [-0.2, 0) is 0 Å². The van der Waals surface area contributed by atoms with Gasteiger partial charge in [0.25, 0.3) is 0 Å². The Balaban J connectivity index is 0.00000112. The molecule has 0 saturated carbocycles. The molecule has 15 heavy (non-hydrogen) atoms. The van der Waals surface area contributed by atoms with Crippen molar-refractivity contribution >= 4 is 24.2 Å². The third-order valence-electron chi connectivity index (χ3n) is 2.23. The second-order valence-corrected chi connectivity index (χ2v) is 3.38. The molecule has 1 fully saturated rings. The number of hydrogen-bond donors (Lipinski definition) is 2. The van der Waals surface area contributed by atoms with Gasteiger partial charge >= 0.3 is 5.97 Å². The molecule has 0 bridgehead atoms. The zero-order chi connectivity index (χ0) is 10.1. The molecular formula is C9H12ClN3O2. The van der Waals surface area contributed by atoms with Gasteiger partial charge in [0, 0.05) is 25.3 Å². The van der Waals surface area contributed by atoms with Gasteiger partial charge in [-0.3, -0.25) is 0 Å². The van der Waals surface area contributed by atoms with Crippen LogP contribution in [0.15, 0.2) is 18.3 Å². The van der Waals surface area contributed by atoms with Gasteiger partial charge in [0.15, 0.2) is 0 Å². The van der Waals surface area contributed by atoms with Gasteiger partial charge in [0.2, 0.25) is 0 Å². The highest BCUT2D eigenvalue weighted by Gasteiger charge is 2.23. The molecule has 82 valence electrons. The fraction of sp³-hybridized carbons (Fsp3) is 0.333. The summed E-state index contributed by atoms with van der Waals surface area (Å²) in [6, 6.07) is 3.47. The highest BCUT2D eigenvalue weighted by molar-refractivity contribution is 5.87. The zero-order valence-electron chi connectivity index (χ0n) is 7.96. The fourth-order valence-corrected chi connectivity index (χ4v) is 1.40. The van der Waals surface area contributed by atoms with E-state index in [2.05, 4.69) is 4.98 Å². The number of carboxylic acid groups (broad SMARTS) is 1. The summed E-state index contributed by atoms with van der Waals surface area (Å²) in [5.41, 5.74) is 5.83.